The van der Waals surface area contributed by atoms with Crippen molar-refractivity contribution in [2.24, 2.45) is 7.05 Å². The van der Waals surface area contributed by atoms with Gasteiger partial charge in [-0.25, -0.2) is 14.2 Å². The van der Waals surface area contributed by atoms with Crippen LogP contribution in [0.1, 0.15) is 24.2 Å². The predicted octanol–water partition coefficient (Wildman–Crippen LogP) is 2.14. The molecule has 3 aromatic heterocycles. The van der Waals surface area contributed by atoms with E-state index in [1.165, 1.54) is 25.6 Å². The fourth-order valence-electron chi connectivity index (χ4n) is 3.72. The highest BCUT2D eigenvalue weighted by Crippen LogP contribution is 2.25. The number of halogens is 1. The second kappa shape index (κ2) is 6.88. The van der Waals surface area contributed by atoms with Gasteiger partial charge in [-0.1, -0.05) is 17.7 Å². The van der Waals surface area contributed by atoms with Crippen LogP contribution < -0.4 is 11.2 Å². The smallest absolute Gasteiger partial charge is 0.333 e. The summed E-state index contributed by atoms with van der Waals surface area (Å²) in [5.74, 6) is -0.221. The lowest BCUT2D eigenvalue weighted by molar-refractivity contribution is -0.144. The van der Waals surface area contributed by atoms with Gasteiger partial charge in [0.05, 0.1) is 12.8 Å². The number of carbonyl (C=O) groups excluding carboxylic acids is 1. The topological polar surface area (TPSA) is 92.5 Å². The number of aromatic nitrogens is 5. The fraction of sp³-hybridized carbons (Fsp3) is 0.300. The average Bonchev–Trinajstić information content (AvgIpc) is 3.22. The van der Waals surface area contributed by atoms with Crippen LogP contribution in [0, 0.1) is 13.8 Å². The van der Waals surface area contributed by atoms with Crippen LogP contribution in [0.2, 0.25) is 5.02 Å². The molecule has 0 amide bonds. The van der Waals surface area contributed by atoms with Crippen molar-refractivity contribution >= 4 is 34.5 Å². The summed E-state index contributed by atoms with van der Waals surface area (Å²) in [5, 5.41) is 0.569. The third-order valence-corrected chi connectivity index (χ3v) is 5.55. The molecule has 0 spiro atoms. The molecule has 1 atom stereocenters. The molecule has 3 heterocycles. The Morgan fingerprint density at radius 2 is 1.93 bits per heavy atom. The Labute approximate surface area is 175 Å². The molecule has 10 heteroatoms. The van der Waals surface area contributed by atoms with Gasteiger partial charge in [0.1, 0.15) is 6.04 Å². The lowest BCUT2D eigenvalue weighted by Gasteiger charge is -2.13. The first kappa shape index (κ1) is 20.0. The Kier molecular flexibility index (Phi) is 4.58. The zero-order valence-corrected chi connectivity index (χ0v) is 17.9. The Bertz CT molecular complexity index is 1460. The zero-order chi connectivity index (χ0) is 21.9. The number of aryl methyl sites for hydroxylation is 3. The molecule has 0 aliphatic carbocycles. The van der Waals surface area contributed by atoms with E-state index in [9.17, 15) is 14.4 Å². The van der Waals surface area contributed by atoms with Gasteiger partial charge >= 0.3 is 11.7 Å². The summed E-state index contributed by atoms with van der Waals surface area (Å²) in [5.41, 5.74) is 1.78. The van der Waals surface area contributed by atoms with E-state index in [4.69, 9.17) is 16.3 Å². The van der Waals surface area contributed by atoms with E-state index in [1.54, 1.807) is 16.7 Å². The zero-order valence-electron chi connectivity index (χ0n) is 17.1. The second-order valence-corrected chi connectivity index (χ2v) is 7.64. The number of ether oxygens (including phenoxy) is 1. The van der Waals surface area contributed by atoms with Crippen LogP contribution in [-0.2, 0) is 16.6 Å². The lowest BCUT2D eigenvalue weighted by atomic mass is 10.2. The number of methoxy groups -OCH3 is 1. The van der Waals surface area contributed by atoms with E-state index < -0.39 is 23.3 Å². The highest BCUT2D eigenvalue weighted by molar-refractivity contribution is 6.30. The second-order valence-electron chi connectivity index (χ2n) is 7.21. The normalized spacial score (nSPS) is 12.6. The molecule has 1 aromatic carbocycles. The van der Waals surface area contributed by atoms with Crippen LogP contribution in [-0.4, -0.2) is 36.2 Å². The van der Waals surface area contributed by atoms with Gasteiger partial charge in [0.25, 0.3) is 5.56 Å². The number of rotatable bonds is 3. The van der Waals surface area contributed by atoms with Crippen molar-refractivity contribution in [2.45, 2.75) is 26.8 Å². The van der Waals surface area contributed by atoms with Crippen molar-refractivity contribution in [3.8, 4) is 5.69 Å². The lowest BCUT2D eigenvalue weighted by Crippen LogP contribution is -2.43. The summed E-state index contributed by atoms with van der Waals surface area (Å²) in [7, 11) is 2.72. The van der Waals surface area contributed by atoms with E-state index in [0.29, 0.717) is 10.8 Å². The van der Waals surface area contributed by atoms with Gasteiger partial charge in [-0.05, 0) is 38.5 Å². The number of imidazole rings is 2. The summed E-state index contributed by atoms with van der Waals surface area (Å²) in [6.07, 6.45) is 1.77. The summed E-state index contributed by atoms with van der Waals surface area (Å²) >= 11 is 6.20. The molecule has 0 radical (unpaired) electrons. The molecule has 9 nitrogen and oxygen atoms in total. The van der Waals surface area contributed by atoms with Gasteiger partial charge in [-0.15, -0.1) is 0 Å². The average molecular weight is 430 g/mol. The SMILES string of the molecule is COC(=O)[C@H](C)n1c(=O)c2c(nc3n(-c4cc(Cl)ccc4C)c(C)cn23)n(C)c1=O. The molecule has 0 unspecified atom stereocenters. The monoisotopic (exact) mass is 429 g/mol. The van der Waals surface area contributed by atoms with Gasteiger partial charge in [0.2, 0.25) is 5.78 Å². The first-order valence-electron chi connectivity index (χ1n) is 9.23. The minimum Gasteiger partial charge on any atom is -0.467 e. The van der Waals surface area contributed by atoms with E-state index in [1.807, 2.05) is 30.5 Å². The molecular formula is C20H20ClN5O4. The molecule has 0 saturated heterocycles. The van der Waals surface area contributed by atoms with Crippen LogP contribution in [0.5, 0.6) is 0 Å². The molecule has 0 fully saturated rings. The van der Waals surface area contributed by atoms with Crippen LogP contribution >= 0.6 is 11.6 Å². The van der Waals surface area contributed by atoms with Crippen molar-refractivity contribution in [3.05, 3.63) is 61.5 Å². The van der Waals surface area contributed by atoms with Crippen LogP contribution in [0.4, 0.5) is 0 Å². The number of esters is 1. The third-order valence-electron chi connectivity index (χ3n) is 5.32. The maximum absolute atomic E-state index is 13.3. The standard InChI is InChI=1S/C20H20ClN5O4/c1-10-6-7-13(21)8-14(10)25-11(2)9-24-15-16(22-19(24)25)23(4)20(29)26(17(15)27)12(3)18(28)30-5/h6-9,12H,1-5H3/t12-/m0/s1. The van der Waals surface area contributed by atoms with Crippen molar-refractivity contribution in [2.75, 3.05) is 7.11 Å². The molecule has 0 aliphatic rings. The largest absolute Gasteiger partial charge is 0.467 e. The summed E-state index contributed by atoms with van der Waals surface area (Å²) in [6.45, 7) is 5.29. The van der Waals surface area contributed by atoms with Gasteiger partial charge in [-0.3, -0.25) is 18.3 Å². The molecule has 4 rings (SSSR count). The summed E-state index contributed by atoms with van der Waals surface area (Å²) < 4.78 is 10.4. The van der Waals surface area contributed by atoms with Crippen LogP contribution in [0.25, 0.3) is 22.6 Å². The molecule has 156 valence electrons. The van der Waals surface area contributed by atoms with Gasteiger partial charge < -0.3 is 4.74 Å². The highest BCUT2D eigenvalue weighted by atomic mass is 35.5. The van der Waals surface area contributed by atoms with Gasteiger partial charge in [0, 0.05) is 24.0 Å². The maximum Gasteiger partial charge on any atom is 0.333 e. The minimum absolute atomic E-state index is 0.199. The Hall–Kier alpha value is -3.33. The highest BCUT2D eigenvalue weighted by Gasteiger charge is 2.26. The minimum atomic E-state index is -1.07. The Morgan fingerprint density at radius 3 is 2.60 bits per heavy atom. The van der Waals surface area contributed by atoms with Crippen molar-refractivity contribution in [1.29, 1.82) is 0 Å². The number of nitrogens with zero attached hydrogens (tertiary/aromatic N) is 5. The Morgan fingerprint density at radius 1 is 1.23 bits per heavy atom. The number of fused-ring (bicyclic) bond motifs is 3. The van der Waals surface area contributed by atoms with E-state index in [-0.39, 0.29) is 11.2 Å². The molecule has 4 aromatic rings. The fourth-order valence-corrected chi connectivity index (χ4v) is 3.88. The number of benzene rings is 1. The van der Waals surface area contributed by atoms with E-state index in [0.717, 1.165) is 21.5 Å². The van der Waals surface area contributed by atoms with Crippen molar-refractivity contribution < 1.29 is 9.53 Å². The molecular weight excluding hydrogens is 410 g/mol. The number of hydrogen-bond donors (Lipinski definition) is 0. The quantitative estimate of drug-likeness (QED) is 0.465. The third kappa shape index (κ3) is 2.69. The first-order valence-corrected chi connectivity index (χ1v) is 9.61. The number of carbonyl (C=O) groups is 1. The van der Waals surface area contributed by atoms with Gasteiger partial charge in [0.15, 0.2) is 11.2 Å². The number of hydrogen-bond acceptors (Lipinski definition) is 5. The summed E-state index contributed by atoms with van der Waals surface area (Å²) in [4.78, 5) is 42.7. The maximum atomic E-state index is 13.3. The molecule has 0 aliphatic heterocycles. The van der Waals surface area contributed by atoms with Crippen molar-refractivity contribution in [1.82, 2.24) is 23.1 Å². The van der Waals surface area contributed by atoms with E-state index in [2.05, 4.69) is 4.98 Å². The molecule has 30 heavy (non-hydrogen) atoms. The predicted molar refractivity (Wildman–Crippen MR) is 113 cm³/mol. The summed E-state index contributed by atoms with van der Waals surface area (Å²) in [6, 6.07) is 4.45. The van der Waals surface area contributed by atoms with Gasteiger partial charge in [-0.2, -0.15) is 4.98 Å². The molecule has 0 N–H and O–H groups in total. The first-order chi connectivity index (χ1) is 14.2. The molecule has 0 bridgehead atoms. The van der Waals surface area contributed by atoms with Crippen molar-refractivity contribution in [3.63, 3.8) is 0 Å². The van der Waals surface area contributed by atoms with Crippen LogP contribution in [0.15, 0.2) is 34.0 Å². The van der Waals surface area contributed by atoms with E-state index >= 15 is 0 Å². The van der Waals surface area contributed by atoms with Crippen LogP contribution in [0.3, 0.4) is 0 Å². The Balaban J connectivity index is 2.13. The molecule has 0 saturated carbocycles.